The summed E-state index contributed by atoms with van der Waals surface area (Å²) in [7, 11) is 0. The fraction of sp³-hybridized carbons (Fsp3) is 0.541. The van der Waals surface area contributed by atoms with Crippen LogP contribution in [0.5, 0.6) is 0 Å². The Bertz CT molecular complexity index is 1500. The van der Waals surface area contributed by atoms with Crippen molar-refractivity contribution in [1.82, 2.24) is 20.3 Å². The molecule has 0 aliphatic carbocycles. The zero-order valence-electron chi connectivity index (χ0n) is 28.8. The molecule has 1 unspecified atom stereocenters. The molecule has 11 nitrogen and oxygen atoms in total. The SMILES string of the molecule is CC(C)CCCOCC(O)n1nnc2c1-c1ccccc1N(C(=O)CCC(=O)NCCOCCC(=O)CCC(C)C)Cc1ccccc1-2. The first-order valence-electron chi connectivity index (χ1n) is 17.2. The van der Waals surface area contributed by atoms with Gasteiger partial charge in [-0.2, -0.15) is 0 Å². The number of anilines is 1. The first-order chi connectivity index (χ1) is 23.2. The number of ketones is 1. The van der Waals surface area contributed by atoms with Crippen molar-refractivity contribution in [3.05, 3.63) is 54.1 Å². The van der Waals surface area contributed by atoms with Gasteiger partial charge in [-0.25, -0.2) is 4.68 Å². The minimum absolute atomic E-state index is 0.00472. The lowest BCUT2D eigenvalue weighted by molar-refractivity contribution is -0.125. The van der Waals surface area contributed by atoms with E-state index in [2.05, 4.69) is 43.3 Å². The maximum absolute atomic E-state index is 13.8. The number of ether oxygens (including phenoxy) is 2. The zero-order chi connectivity index (χ0) is 34.5. The molecule has 2 heterocycles. The van der Waals surface area contributed by atoms with Crippen molar-refractivity contribution >= 4 is 23.3 Å². The van der Waals surface area contributed by atoms with Gasteiger partial charge in [0.2, 0.25) is 11.8 Å². The Balaban J connectivity index is 1.41. The van der Waals surface area contributed by atoms with Crippen LogP contribution in [0.4, 0.5) is 5.69 Å². The van der Waals surface area contributed by atoms with Gasteiger partial charge in [-0.05, 0) is 42.7 Å². The first kappa shape index (κ1) is 36.9. The monoisotopic (exact) mass is 661 g/mol. The summed E-state index contributed by atoms with van der Waals surface area (Å²) >= 11 is 0. The predicted octanol–water partition coefficient (Wildman–Crippen LogP) is 5.71. The summed E-state index contributed by atoms with van der Waals surface area (Å²) < 4.78 is 12.8. The van der Waals surface area contributed by atoms with E-state index in [-0.39, 0.29) is 43.6 Å². The number of rotatable bonds is 19. The second-order valence-corrected chi connectivity index (χ2v) is 13.2. The van der Waals surface area contributed by atoms with Crippen LogP contribution in [-0.2, 0) is 30.4 Å². The maximum Gasteiger partial charge on any atom is 0.227 e. The summed E-state index contributed by atoms with van der Waals surface area (Å²) in [6.45, 7) is 10.3. The van der Waals surface area contributed by atoms with Crippen molar-refractivity contribution in [3.63, 3.8) is 0 Å². The van der Waals surface area contributed by atoms with E-state index in [0.717, 1.165) is 30.4 Å². The summed E-state index contributed by atoms with van der Waals surface area (Å²) in [6.07, 6.45) is 2.70. The van der Waals surface area contributed by atoms with Crippen LogP contribution < -0.4 is 10.2 Å². The Morgan fingerprint density at radius 2 is 1.58 bits per heavy atom. The normalized spacial score (nSPS) is 13.0. The predicted molar refractivity (Wildman–Crippen MR) is 185 cm³/mol. The van der Waals surface area contributed by atoms with Gasteiger partial charge in [0, 0.05) is 50.0 Å². The minimum atomic E-state index is -1.08. The van der Waals surface area contributed by atoms with Gasteiger partial charge in [0.25, 0.3) is 0 Å². The summed E-state index contributed by atoms with van der Waals surface area (Å²) in [5, 5.41) is 22.9. The Hall–Kier alpha value is -3.93. The molecule has 0 radical (unpaired) electrons. The molecule has 3 aromatic rings. The highest BCUT2D eigenvalue weighted by Gasteiger charge is 2.30. The molecule has 4 rings (SSSR count). The topological polar surface area (TPSA) is 136 Å². The average molecular weight is 662 g/mol. The Morgan fingerprint density at radius 1 is 0.854 bits per heavy atom. The van der Waals surface area contributed by atoms with Crippen molar-refractivity contribution in [1.29, 1.82) is 0 Å². The third kappa shape index (κ3) is 10.5. The highest BCUT2D eigenvalue weighted by Crippen LogP contribution is 2.42. The van der Waals surface area contributed by atoms with Crippen LogP contribution in [-0.4, -0.2) is 70.7 Å². The van der Waals surface area contributed by atoms with Crippen LogP contribution in [0.15, 0.2) is 48.5 Å². The maximum atomic E-state index is 13.8. The molecule has 48 heavy (non-hydrogen) atoms. The second-order valence-electron chi connectivity index (χ2n) is 13.2. The Kier molecular flexibility index (Phi) is 14.3. The number of amides is 2. The zero-order valence-corrected chi connectivity index (χ0v) is 28.8. The third-order valence-electron chi connectivity index (χ3n) is 8.33. The van der Waals surface area contributed by atoms with E-state index in [1.165, 1.54) is 4.68 Å². The quantitative estimate of drug-likeness (QED) is 0.156. The van der Waals surface area contributed by atoms with Crippen molar-refractivity contribution in [3.8, 4) is 22.5 Å². The van der Waals surface area contributed by atoms with Gasteiger partial charge < -0.3 is 24.8 Å². The van der Waals surface area contributed by atoms with Crippen molar-refractivity contribution in [2.45, 2.75) is 85.4 Å². The summed E-state index contributed by atoms with van der Waals surface area (Å²) in [4.78, 5) is 40.1. The molecule has 1 aliphatic heterocycles. The second kappa shape index (κ2) is 18.6. The smallest absolute Gasteiger partial charge is 0.227 e. The molecule has 0 bridgehead atoms. The molecular formula is C37H51N5O6. The number of hydrogen-bond donors (Lipinski definition) is 2. The van der Waals surface area contributed by atoms with Gasteiger partial charge in [0.05, 0.1) is 32.1 Å². The number of aliphatic hydroxyl groups excluding tert-OH is 1. The van der Waals surface area contributed by atoms with Gasteiger partial charge in [0.15, 0.2) is 6.23 Å². The van der Waals surface area contributed by atoms with Crippen LogP contribution in [0.1, 0.15) is 84.4 Å². The number of aliphatic hydroxyl groups is 1. The van der Waals surface area contributed by atoms with Crippen LogP contribution in [0, 0.1) is 11.8 Å². The Morgan fingerprint density at radius 3 is 2.35 bits per heavy atom. The van der Waals surface area contributed by atoms with Crippen LogP contribution in [0.2, 0.25) is 0 Å². The van der Waals surface area contributed by atoms with E-state index < -0.39 is 6.23 Å². The number of nitrogens with one attached hydrogen (secondary N) is 1. The van der Waals surface area contributed by atoms with Gasteiger partial charge in [-0.3, -0.25) is 14.4 Å². The van der Waals surface area contributed by atoms with Crippen LogP contribution in [0.25, 0.3) is 22.5 Å². The number of Topliss-reactive ketones (excluding diaryl/α,β-unsaturated/α-hetero) is 1. The molecule has 0 saturated heterocycles. The lowest BCUT2D eigenvalue weighted by Gasteiger charge is -2.29. The molecule has 2 N–H and O–H groups in total. The van der Waals surface area contributed by atoms with Gasteiger partial charge in [-0.15, -0.1) is 5.10 Å². The number of aromatic nitrogens is 3. The number of para-hydroxylation sites is 1. The van der Waals surface area contributed by atoms with E-state index in [1.807, 2.05) is 48.5 Å². The molecule has 0 fully saturated rings. The largest absolute Gasteiger partial charge is 0.379 e. The number of nitrogens with zero attached hydrogens (tertiary/aromatic N) is 4. The number of carbonyl (C=O) groups is 3. The van der Waals surface area contributed by atoms with Crippen molar-refractivity contribution in [2.75, 3.05) is 37.9 Å². The summed E-state index contributed by atoms with van der Waals surface area (Å²) in [5.74, 6) is 0.809. The van der Waals surface area contributed by atoms with E-state index >= 15 is 0 Å². The molecule has 1 aromatic heterocycles. The summed E-state index contributed by atoms with van der Waals surface area (Å²) in [5.41, 5.74) is 4.23. The molecule has 0 spiro atoms. The summed E-state index contributed by atoms with van der Waals surface area (Å²) in [6, 6.07) is 15.2. The van der Waals surface area contributed by atoms with Crippen LogP contribution >= 0.6 is 0 Å². The number of benzene rings is 2. The molecule has 0 saturated carbocycles. The molecule has 2 aromatic carbocycles. The minimum Gasteiger partial charge on any atom is -0.379 e. The van der Waals surface area contributed by atoms with Gasteiger partial charge in [0.1, 0.15) is 17.2 Å². The highest BCUT2D eigenvalue weighted by atomic mass is 16.5. The van der Waals surface area contributed by atoms with Gasteiger partial charge >= 0.3 is 0 Å². The fourth-order valence-corrected chi connectivity index (χ4v) is 5.63. The third-order valence-corrected chi connectivity index (χ3v) is 8.33. The average Bonchev–Trinajstić information content (AvgIpc) is 3.50. The molecular weight excluding hydrogens is 610 g/mol. The molecule has 2 amide bonds. The Labute approximate surface area is 284 Å². The van der Waals surface area contributed by atoms with Crippen molar-refractivity contribution < 1.29 is 29.0 Å². The molecule has 1 aliphatic rings. The van der Waals surface area contributed by atoms with E-state index in [0.29, 0.717) is 73.7 Å². The lowest BCUT2D eigenvalue weighted by atomic mass is 9.95. The first-order valence-corrected chi connectivity index (χ1v) is 17.2. The van der Waals surface area contributed by atoms with E-state index in [1.54, 1.807) is 4.90 Å². The van der Waals surface area contributed by atoms with Crippen molar-refractivity contribution in [2.24, 2.45) is 11.8 Å². The number of fused-ring (bicyclic) bond motifs is 5. The fourth-order valence-electron chi connectivity index (χ4n) is 5.63. The highest BCUT2D eigenvalue weighted by molar-refractivity contribution is 6.01. The van der Waals surface area contributed by atoms with E-state index in [4.69, 9.17) is 9.47 Å². The number of carbonyl (C=O) groups excluding carboxylic acids is 3. The molecule has 1 atom stereocenters. The van der Waals surface area contributed by atoms with Gasteiger partial charge in [-0.1, -0.05) is 75.4 Å². The number of hydrogen-bond acceptors (Lipinski definition) is 8. The van der Waals surface area contributed by atoms with Crippen LogP contribution in [0.3, 0.4) is 0 Å². The molecule has 11 heteroatoms. The molecule has 260 valence electrons. The standard InChI is InChI=1S/C37H51N5O6/c1-26(2)10-9-21-48-25-35(46)42-37-31-13-7-8-14-32(31)41(24-28-11-5-6-12-30(28)36(37)39-40-42)34(45)18-17-33(44)38-20-23-47-22-19-29(43)16-15-27(3)4/h5-8,11-14,26-27,35,46H,9-10,15-25H2,1-4H3,(H,38,44). The lowest BCUT2D eigenvalue weighted by Crippen LogP contribution is -2.34. The van der Waals surface area contributed by atoms with E-state index in [9.17, 15) is 19.5 Å².